The van der Waals surface area contributed by atoms with E-state index < -0.39 is 17.7 Å². The maximum atomic E-state index is 13.3. The second kappa shape index (κ2) is 3.68. The number of carboxylic acids is 1. The fraction of sp³-hybridized carbons (Fsp3) is 0.200. The number of halogens is 1. The first-order valence-corrected chi connectivity index (χ1v) is 4.47. The third kappa shape index (κ3) is 1.81. The summed E-state index contributed by atoms with van der Waals surface area (Å²) in [5.74, 6) is -2.01. The van der Waals surface area contributed by atoms with E-state index >= 15 is 0 Å². The van der Waals surface area contributed by atoms with Gasteiger partial charge in [-0.05, 0) is 12.1 Å². The van der Waals surface area contributed by atoms with E-state index in [9.17, 15) is 9.18 Å². The Morgan fingerprint density at radius 1 is 1.53 bits per heavy atom. The number of para-hydroxylation sites is 1. The Morgan fingerprint density at radius 3 is 2.87 bits per heavy atom. The number of anilines is 1. The van der Waals surface area contributed by atoms with E-state index in [4.69, 9.17) is 5.11 Å². The summed E-state index contributed by atoms with van der Waals surface area (Å²) >= 11 is 0. The van der Waals surface area contributed by atoms with Crippen molar-refractivity contribution in [3.05, 3.63) is 30.1 Å². The van der Waals surface area contributed by atoms with Crippen molar-refractivity contribution in [1.82, 2.24) is 0 Å². The predicted octanol–water partition coefficient (Wildman–Crippen LogP) is 1.33. The number of aliphatic carboxylic acids is 1. The van der Waals surface area contributed by atoms with E-state index in [0.29, 0.717) is 5.69 Å². The van der Waals surface area contributed by atoms with Crippen molar-refractivity contribution in [3.63, 3.8) is 0 Å². The average Bonchev–Trinajstić information content (AvgIpc) is 2.67. The van der Waals surface area contributed by atoms with Crippen LogP contribution in [-0.4, -0.2) is 23.8 Å². The van der Waals surface area contributed by atoms with Gasteiger partial charge in [0.2, 0.25) is 0 Å². The molecule has 1 aromatic rings. The second-order valence-corrected chi connectivity index (χ2v) is 3.24. The number of hydrazone groups is 1. The molecule has 1 unspecified atom stereocenters. The minimum Gasteiger partial charge on any atom is -0.481 e. The van der Waals surface area contributed by atoms with Crippen LogP contribution in [0.5, 0.6) is 0 Å². The molecule has 0 aliphatic carbocycles. The summed E-state index contributed by atoms with van der Waals surface area (Å²) in [6.45, 7) is 0.177. The molecular formula is C10H9FN2O2. The molecule has 1 heterocycles. The number of benzene rings is 1. The van der Waals surface area contributed by atoms with Crippen LogP contribution in [0.15, 0.2) is 29.4 Å². The summed E-state index contributed by atoms with van der Waals surface area (Å²) in [7, 11) is 0. The predicted molar refractivity (Wildman–Crippen MR) is 53.4 cm³/mol. The summed E-state index contributed by atoms with van der Waals surface area (Å²) in [6, 6.07) is 6.14. The maximum absolute atomic E-state index is 13.3. The van der Waals surface area contributed by atoms with Crippen LogP contribution < -0.4 is 5.01 Å². The molecule has 0 saturated heterocycles. The first-order valence-electron chi connectivity index (χ1n) is 4.47. The van der Waals surface area contributed by atoms with Crippen molar-refractivity contribution in [2.75, 3.05) is 11.6 Å². The van der Waals surface area contributed by atoms with E-state index in [0.717, 1.165) is 0 Å². The van der Waals surface area contributed by atoms with Crippen LogP contribution in [0.4, 0.5) is 10.1 Å². The van der Waals surface area contributed by atoms with Crippen LogP contribution in [-0.2, 0) is 4.79 Å². The number of hydrogen-bond donors (Lipinski definition) is 1. The summed E-state index contributed by atoms with van der Waals surface area (Å²) in [4.78, 5) is 10.7. The van der Waals surface area contributed by atoms with Gasteiger partial charge >= 0.3 is 5.97 Å². The Bertz CT molecular complexity index is 420. The molecule has 4 nitrogen and oxygen atoms in total. The summed E-state index contributed by atoms with van der Waals surface area (Å²) in [5, 5.41) is 13.9. The zero-order valence-electron chi connectivity index (χ0n) is 7.80. The maximum Gasteiger partial charge on any atom is 0.313 e. The number of nitrogens with zero attached hydrogens (tertiary/aromatic N) is 2. The van der Waals surface area contributed by atoms with Gasteiger partial charge in [-0.25, -0.2) is 4.39 Å². The molecule has 0 bridgehead atoms. The van der Waals surface area contributed by atoms with Crippen molar-refractivity contribution in [1.29, 1.82) is 0 Å². The van der Waals surface area contributed by atoms with Gasteiger partial charge in [0.1, 0.15) is 11.7 Å². The van der Waals surface area contributed by atoms with Crippen LogP contribution in [0.25, 0.3) is 0 Å². The normalized spacial score (nSPS) is 19.5. The number of carboxylic acid groups (broad SMARTS) is 1. The molecule has 1 N–H and O–H groups in total. The van der Waals surface area contributed by atoms with Crippen molar-refractivity contribution in [2.45, 2.75) is 0 Å². The second-order valence-electron chi connectivity index (χ2n) is 3.24. The van der Waals surface area contributed by atoms with Gasteiger partial charge < -0.3 is 5.11 Å². The van der Waals surface area contributed by atoms with Gasteiger partial charge in [0.05, 0.1) is 12.2 Å². The lowest BCUT2D eigenvalue weighted by molar-refractivity contribution is -0.138. The highest BCUT2D eigenvalue weighted by atomic mass is 19.1. The fourth-order valence-electron chi connectivity index (χ4n) is 1.41. The number of rotatable bonds is 2. The van der Waals surface area contributed by atoms with E-state index in [-0.39, 0.29) is 6.54 Å². The Morgan fingerprint density at radius 2 is 2.27 bits per heavy atom. The van der Waals surface area contributed by atoms with Gasteiger partial charge in [-0.15, -0.1) is 0 Å². The minimum atomic E-state index is -0.947. The molecule has 78 valence electrons. The van der Waals surface area contributed by atoms with Crippen LogP contribution in [0.2, 0.25) is 0 Å². The molecule has 1 aliphatic rings. The molecule has 0 amide bonds. The van der Waals surface area contributed by atoms with Crippen LogP contribution >= 0.6 is 0 Å². The van der Waals surface area contributed by atoms with Crippen LogP contribution in [0.1, 0.15) is 0 Å². The Hall–Kier alpha value is -1.91. The molecule has 0 fully saturated rings. The molecule has 0 aromatic heterocycles. The largest absolute Gasteiger partial charge is 0.481 e. The first-order chi connectivity index (χ1) is 7.18. The lowest BCUT2D eigenvalue weighted by atomic mass is 10.2. The van der Waals surface area contributed by atoms with Crippen LogP contribution in [0, 0.1) is 11.7 Å². The van der Waals surface area contributed by atoms with Crippen molar-refractivity contribution < 1.29 is 14.3 Å². The third-order valence-corrected chi connectivity index (χ3v) is 2.20. The topological polar surface area (TPSA) is 52.9 Å². The number of carbonyl (C=O) groups is 1. The van der Waals surface area contributed by atoms with E-state index in [1.165, 1.54) is 17.3 Å². The molecule has 2 rings (SSSR count). The molecule has 1 aromatic carbocycles. The Kier molecular flexibility index (Phi) is 2.37. The van der Waals surface area contributed by atoms with E-state index in [2.05, 4.69) is 5.10 Å². The zero-order valence-corrected chi connectivity index (χ0v) is 7.80. The lowest BCUT2D eigenvalue weighted by Crippen LogP contribution is -2.23. The average molecular weight is 208 g/mol. The molecule has 0 radical (unpaired) electrons. The molecule has 0 spiro atoms. The van der Waals surface area contributed by atoms with Crippen molar-refractivity contribution in [3.8, 4) is 0 Å². The van der Waals surface area contributed by atoms with Gasteiger partial charge in [0.25, 0.3) is 0 Å². The Labute approximate surface area is 85.6 Å². The molecule has 0 saturated carbocycles. The van der Waals surface area contributed by atoms with Crippen molar-refractivity contribution in [2.24, 2.45) is 11.0 Å². The monoisotopic (exact) mass is 208 g/mol. The highest BCUT2D eigenvalue weighted by Gasteiger charge is 2.25. The highest BCUT2D eigenvalue weighted by molar-refractivity contribution is 5.91. The first kappa shape index (κ1) is 9.64. The van der Waals surface area contributed by atoms with E-state index in [1.807, 2.05) is 0 Å². The van der Waals surface area contributed by atoms with E-state index in [1.54, 1.807) is 18.2 Å². The molecule has 1 atom stereocenters. The van der Waals surface area contributed by atoms with Gasteiger partial charge in [-0.3, -0.25) is 9.80 Å². The highest BCUT2D eigenvalue weighted by Crippen LogP contribution is 2.22. The molecule has 5 heteroatoms. The van der Waals surface area contributed by atoms with Crippen molar-refractivity contribution >= 4 is 17.9 Å². The molecular weight excluding hydrogens is 199 g/mol. The summed E-state index contributed by atoms with van der Waals surface area (Å²) in [6.07, 6.45) is 1.31. The quantitative estimate of drug-likeness (QED) is 0.797. The van der Waals surface area contributed by atoms with Gasteiger partial charge in [-0.1, -0.05) is 12.1 Å². The van der Waals surface area contributed by atoms with Gasteiger partial charge in [-0.2, -0.15) is 5.10 Å². The third-order valence-electron chi connectivity index (χ3n) is 2.20. The molecule has 15 heavy (non-hydrogen) atoms. The van der Waals surface area contributed by atoms with Gasteiger partial charge in [0, 0.05) is 6.21 Å². The fourth-order valence-corrected chi connectivity index (χ4v) is 1.41. The standard InChI is InChI=1S/C10H9FN2O2/c11-8-3-1-2-4-9(8)13-6-7(5-12-13)10(14)15/h1-5,7H,6H2,(H,14,15). The number of hydrogen-bond acceptors (Lipinski definition) is 3. The smallest absolute Gasteiger partial charge is 0.313 e. The Balaban J connectivity index is 2.19. The zero-order chi connectivity index (χ0) is 10.8. The summed E-state index contributed by atoms with van der Waals surface area (Å²) < 4.78 is 13.3. The SMILES string of the molecule is O=C(O)C1C=NN(c2ccccc2F)C1. The minimum absolute atomic E-state index is 0.177. The molecule has 1 aliphatic heterocycles. The lowest BCUT2D eigenvalue weighted by Gasteiger charge is -2.15. The summed E-state index contributed by atoms with van der Waals surface area (Å²) in [5.41, 5.74) is 0.303. The van der Waals surface area contributed by atoms with Gasteiger partial charge in [0.15, 0.2) is 0 Å². The van der Waals surface area contributed by atoms with Crippen LogP contribution in [0.3, 0.4) is 0 Å².